The summed E-state index contributed by atoms with van der Waals surface area (Å²) in [5, 5.41) is 9.94. The van der Waals surface area contributed by atoms with E-state index < -0.39 is 10.0 Å². The highest BCUT2D eigenvalue weighted by Gasteiger charge is 2.33. The molecule has 2 N–H and O–H groups in total. The van der Waals surface area contributed by atoms with Crippen LogP contribution in [0, 0.1) is 0 Å². The predicted molar refractivity (Wildman–Crippen MR) is 131 cm³/mol. The van der Waals surface area contributed by atoms with Gasteiger partial charge in [0.05, 0.1) is 18.0 Å². The highest BCUT2D eigenvalue weighted by atomic mass is 32.2. The number of sulfonamides is 1. The number of H-pyrrole nitrogens is 1. The first-order valence-electron chi connectivity index (χ1n) is 11.3. The Morgan fingerprint density at radius 3 is 2.41 bits per heavy atom. The molecule has 0 aliphatic carbocycles. The van der Waals surface area contributed by atoms with Gasteiger partial charge in [0.1, 0.15) is 0 Å². The predicted octanol–water partition coefficient (Wildman–Crippen LogP) is 2.26. The van der Waals surface area contributed by atoms with Crippen molar-refractivity contribution in [1.29, 1.82) is 0 Å². The SMILES string of the molecule is CN1CCN(c2ccc(C(=O)Nc3n[nH]c4c3CN(S(=O)(=O)Cc3ccccc3)C4)cc2)CC1. The van der Waals surface area contributed by atoms with E-state index in [9.17, 15) is 13.2 Å². The largest absolute Gasteiger partial charge is 0.369 e. The molecule has 2 aliphatic rings. The number of likely N-dealkylation sites (N-methyl/N-ethyl adjacent to an activating group) is 1. The summed E-state index contributed by atoms with van der Waals surface area (Å²) < 4.78 is 27.2. The molecule has 1 aromatic heterocycles. The van der Waals surface area contributed by atoms with Gasteiger partial charge in [0.15, 0.2) is 5.82 Å². The van der Waals surface area contributed by atoms with E-state index in [4.69, 9.17) is 0 Å². The molecule has 3 aromatic rings. The number of piperazine rings is 1. The lowest BCUT2D eigenvalue weighted by atomic mass is 10.1. The number of rotatable bonds is 6. The maximum atomic E-state index is 12.9. The number of nitrogens with zero attached hydrogens (tertiary/aromatic N) is 4. The molecule has 2 aromatic carbocycles. The molecule has 0 radical (unpaired) electrons. The molecule has 1 saturated heterocycles. The average molecular weight is 481 g/mol. The van der Waals surface area contributed by atoms with Crippen molar-refractivity contribution in [3.63, 3.8) is 0 Å². The van der Waals surface area contributed by atoms with Gasteiger partial charge in [-0.1, -0.05) is 30.3 Å². The van der Waals surface area contributed by atoms with Gasteiger partial charge in [-0.25, -0.2) is 8.42 Å². The van der Waals surface area contributed by atoms with E-state index in [1.165, 1.54) is 4.31 Å². The molecule has 0 unspecified atom stereocenters. The van der Waals surface area contributed by atoms with Crippen molar-refractivity contribution in [3.8, 4) is 0 Å². The van der Waals surface area contributed by atoms with E-state index in [0.29, 0.717) is 22.6 Å². The number of fused-ring (bicyclic) bond motifs is 1. The van der Waals surface area contributed by atoms with Crippen LogP contribution >= 0.6 is 0 Å². The van der Waals surface area contributed by atoms with Crippen LogP contribution in [-0.2, 0) is 28.9 Å². The molecule has 1 amide bonds. The van der Waals surface area contributed by atoms with Crippen LogP contribution in [0.1, 0.15) is 27.2 Å². The Bertz CT molecular complexity index is 1270. The van der Waals surface area contributed by atoms with Gasteiger partial charge in [0.25, 0.3) is 5.91 Å². The third-order valence-electron chi connectivity index (χ3n) is 6.44. The maximum Gasteiger partial charge on any atom is 0.256 e. The number of hydrogen-bond acceptors (Lipinski definition) is 6. The lowest BCUT2D eigenvalue weighted by molar-refractivity contribution is 0.102. The molecule has 1 fully saturated rings. The molecule has 3 heterocycles. The first-order valence-corrected chi connectivity index (χ1v) is 12.9. The quantitative estimate of drug-likeness (QED) is 0.561. The summed E-state index contributed by atoms with van der Waals surface area (Å²) in [4.78, 5) is 17.5. The van der Waals surface area contributed by atoms with Gasteiger partial charge in [0.2, 0.25) is 10.0 Å². The van der Waals surface area contributed by atoms with Crippen molar-refractivity contribution in [1.82, 2.24) is 19.4 Å². The number of aromatic nitrogens is 2. The third-order valence-corrected chi connectivity index (χ3v) is 8.18. The third kappa shape index (κ3) is 4.70. The van der Waals surface area contributed by atoms with E-state index in [-0.39, 0.29) is 24.7 Å². The van der Waals surface area contributed by atoms with E-state index in [1.54, 1.807) is 12.1 Å². The van der Waals surface area contributed by atoms with E-state index in [2.05, 4.69) is 32.4 Å². The van der Waals surface area contributed by atoms with Crippen LogP contribution in [0.4, 0.5) is 11.5 Å². The summed E-state index contributed by atoms with van der Waals surface area (Å²) >= 11 is 0. The maximum absolute atomic E-state index is 12.9. The smallest absolute Gasteiger partial charge is 0.256 e. The number of nitrogens with one attached hydrogen (secondary N) is 2. The number of benzene rings is 2. The fraction of sp³-hybridized carbons (Fsp3) is 0.333. The van der Waals surface area contributed by atoms with E-state index in [0.717, 1.165) is 37.4 Å². The molecule has 34 heavy (non-hydrogen) atoms. The van der Waals surface area contributed by atoms with Crippen molar-refractivity contribution >= 4 is 27.4 Å². The first-order chi connectivity index (χ1) is 16.4. The molecule has 0 saturated carbocycles. The highest BCUT2D eigenvalue weighted by Crippen LogP contribution is 2.30. The van der Waals surface area contributed by atoms with Crippen LogP contribution in [0.25, 0.3) is 0 Å². The van der Waals surface area contributed by atoms with Gasteiger partial charge in [-0.15, -0.1) is 0 Å². The molecule has 9 nitrogen and oxygen atoms in total. The van der Waals surface area contributed by atoms with E-state index in [1.807, 2.05) is 42.5 Å². The van der Waals surface area contributed by atoms with Gasteiger partial charge in [-0.05, 0) is 36.9 Å². The fourth-order valence-corrected chi connectivity index (χ4v) is 5.80. The normalized spacial score (nSPS) is 17.0. The zero-order valence-corrected chi connectivity index (χ0v) is 19.9. The summed E-state index contributed by atoms with van der Waals surface area (Å²) in [6.45, 7) is 4.36. The summed E-state index contributed by atoms with van der Waals surface area (Å²) in [7, 11) is -1.38. The van der Waals surface area contributed by atoms with Gasteiger partial charge >= 0.3 is 0 Å². The Kier molecular flexibility index (Phi) is 6.11. The molecule has 0 atom stereocenters. The Morgan fingerprint density at radius 2 is 1.71 bits per heavy atom. The van der Waals surface area contributed by atoms with Crippen molar-refractivity contribution in [3.05, 3.63) is 77.0 Å². The molecule has 10 heteroatoms. The topological polar surface area (TPSA) is 102 Å². The minimum atomic E-state index is -3.50. The van der Waals surface area contributed by atoms with Crippen LogP contribution in [-0.4, -0.2) is 67.0 Å². The average Bonchev–Trinajstić information content (AvgIpc) is 3.43. The second-order valence-corrected chi connectivity index (χ2v) is 10.8. The molecular weight excluding hydrogens is 452 g/mol. The highest BCUT2D eigenvalue weighted by molar-refractivity contribution is 7.88. The molecule has 178 valence electrons. The summed E-state index contributed by atoms with van der Waals surface area (Å²) in [6, 6.07) is 16.7. The van der Waals surface area contributed by atoms with Gasteiger partial charge in [-0.3, -0.25) is 9.89 Å². The number of amides is 1. The number of carbonyl (C=O) groups excluding carboxylic acids is 1. The lowest BCUT2D eigenvalue weighted by Gasteiger charge is -2.34. The van der Waals surface area contributed by atoms with Crippen molar-refractivity contribution < 1.29 is 13.2 Å². The fourth-order valence-electron chi connectivity index (χ4n) is 4.36. The van der Waals surface area contributed by atoms with Gasteiger partial charge in [0, 0.05) is 49.5 Å². The Morgan fingerprint density at radius 1 is 1.00 bits per heavy atom. The lowest BCUT2D eigenvalue weighted by Crippen LogP contribution is -2.44. The first kappa shape index (κ1) is 22.6. The monoisotopic (exact) mass is 480 g/mol. The zero-order chi connectivity index (χ0) is 23.7. The van der Waals surface area contributed by atoms with Gasteiger partial charge < -0.3 is 15.1 Å². The number of aromatic amines is 1. The second kappa shape index (κ2) is 9.21. The minimum Gasteiger partial charge on any atom is -0.369 e. The molecule has 2 aliphatic heterocycles. The van der Waals surface area contributed by atoms with E-state index >= 15 is 0 Å². The summed E-state index contributed by atoms with van der Waals surface area (Å²) in [5.41, 5.74) is 3.78. The summed E-state index contributed by atoms with van der Waals surface area (Å²) in [6.07, 6.45) is 0. The molecule has 0 spiro atoms. The van der Waals surface area contributed by atoms with Crippen LogP contribution in [0.5, 0.6) is 0 Å². The van der Waals surface area contributed by atoms with Crippen molar-refractivity contribution in [2.45, 2.75) is 18.8 Å². The van der Waals surface area contributed by atoms with Crippen LogP contribution < -0.4 is 10.2 Å². The van der Waals surface area contributed by atoms with Gasteiger partial charge in [-0.2, -0.15) is 9.40 Å². The standard InChI is InChI=1S/C24H28N6O3S/c1-28-11-13-29(14-12-28)20-9-7-19(8-10-20)24(31)25-23-21-15-30(16-22(21)26-27-23)34(32,33)17-18-5-3-2-4-6-18/h2-10H,11-17H2,1H3,(H2,25,26,27,31). The number of anilines is 2. The number of carbonyl (C=O) groups is 1. The Balaban J connectivity index is 1.23. The molecule has 0 bridgehead atoms. The minimum absolute atomic E-state index is 0.0626. The van der Waals surface area contributed by atoms with Crippen LogP contribution in [0.3, 0.4) is 0 Å². The van der Waals surface area contributed by atoms with Crippen LogP contribution in [0.2, 0.25) is 0 Å². The zero-order valence-electron chi connectivity index (χ0n) is 19.1. The molecular formula is C24H28N6O3S. The Hall–Kier alpha value is -3.21. The van der Waals surface area contributed by atoms with Crippen LogP contribution in [0.15, 0.2) is 54.6 Å². The van der Waals surface area contributed by atoms with Crippen molar-refractivity contribution in [2.24, 2.45) is 0 Å². The number of hydrogen-bond donors (Lipinski definition) is 2. The summed E-state index contributed by atoms with van der Waals surface area (Å²) in [5.74, 6) is 0.0396. The Labute approximate surface area is 199 Å². The molecule has 5 rings (SSSR count). The second-order valence-electron chi connectivity index (χ2n) is 8.83. The van der Waals surface area contributed by atoms with Crippen molar-refractivity contribution in [2.75, 3.05) is 43.4 Å².